The zero-order chi connectivity index (χ0) is 14.3. The lowest BCUT2D eigenvalue weighted by Crippen LogP contribution is -2.28. The third-order valence-corrected chi connectivity index (χ3v) is 1.88. The lowest BCUT2D eigenvalue weighted by atomic mass is 10.1. The number of nitrogens with zero attached hydrogens (tertiary/aromatic N) is 1. The maximum atomic E-state index is 11.9. The van der Waals surface area contributed by atoms with E-state index >= 15 is 0 Å². The van der Waals surface area contributed by atoms with Gasteiger partial charge in [0.25, 0.3) is 0 Å². The number of carbonyl (C=O) groups excluding carboxylic acids is 2. The van der Waals surface area contributed by atoms with Crippen molar-refractivity contribution in [3.8, 4) is 0 Å². The van der Waals surface area contributed by atoms with Gasteiger partial charge in [0, 0.05) is 26.7 Å². The van der Waals surface area contributed by atoms with E-state index in [4.69, 9.17) is 4.74 Å². The van der Waals surface area contributed by atoms with Crippen LogP contribution in [-0.4, -0.2) is 36.3 Å². The monoisotopic (exact) mass is 253 g/mol. The molecule has 0 amide bonds. The Morgan fingerprint density at radius 2 is 1.83 bits per heavy atom. The van der Waals surface area contributed by atoms with Crippen molar-refractivity contribution in [1.29, 1.82) is 0 Å². The van der Waals surface area contributed by atoms with E-state index in [2.05, 4.69) is 6.58 Å². The van der Waals surface area contributed by atoms with Gasteiger partial charge in [0.2, 0.25) is 0 Å². The van der Waals surface area contributed by atoms with E-state index < -0.39 is 11.6 Å². The standard InChI is InChI=1S/C14H23NO3/c1-7-8-9-12(16)11(10-15(5)6)13(17)18-14(2,3)4/h7,10H,1,8-9H2,2-6H3/b11-10+. The smallest absolute Gasteiger partial charge is 0.343 e. The van der Waals surface area contributed by atoms with E-state index in [0.717, 1.165) is 0 Å². The van der Waals surface area contributed by atoms with Crippen LogP contribution in [0.15, 0.2) is 24.4 Å². The average Bonchev–Trinajstić information content (AvgIpc) is 2.19. The summed E-state index contributed by atoms with van der Waals surface area (Å²) in [7, 11) is 3.51. The summed E-state index contributed by atoms with van der Waals surface area (Å²) in [5, 5.41) is 0. The molecule has 0 aliphatic heterocycles. The molecule has 0 heterocycles. The van der Waals surface area contributed by atoms with Crippen LogP contribution in [0.2, 0.25) is 0 Å². The van der Waals surface area contributed by atoms with Crippen LogP contribution in [0.4, 0.5) is 0 Å². The molecular weight excluding hydrogens is 230 g/mol. The van der Waals surface area contributed by atoms with E-state index in [0.29, 0.717) is 6.42 Å². The van der Waals surface area contributed by atoms with E-state index in [1.54, 1.807) is 45.8 Å². The van der Waals surface area contributed by atoms with Crippen LogP contribution in [0.3, 0.4) is 0 Å². The van der Waals surface area contributed by atoms with Crippen molar-refractivity contribution in [2.75, 3.05) is 14.1 Å². The molecule has 0 aliphatic rings. The van der Waals surface area contributed by atoms with E-state index in [-0.39, 0.29) is 17.8 Å². The minimum Gasteiger partial charge on any atom is -0.456 e. The Kier molecular flexibility index (Phi) is 6.37. The molecule has 102 valence electrons. The highest BCUT2D eigenvalue weighted by Crippen LogP contribution is 2.13. The highest BCUT2D eigenvalue weighted by Gasteiger charge is 2.24. The molecule has 0 N–H and O–H groups in total. The SMILES string of the molecule is C=CCCC(=O)/C(=C\N(C)C)C(=O)OC(C)(C)C. The second-order valence-electron chi connectivity index (χ2n) is 5.26. The van der Waals surface area contributed by atoms with Crippen LogP contribution in [0.25, 0.3) is 0 Å². The third-order valence-electron chi connectivity index (χ3n) is 1.88. The molecule has 0 saturated carbocycles. The first-order valence-electron chi connectivity index (χ1n) is 5.93. The molecule has 0 aliphatic carbocycles. The zero-order valence-corrected chi connectivity index (χ0v) is 11.9. The molecule has 0 atom stereocenters. The Morgan fingerprint density at radius 1 is 1.28 bits per heavy atom. The fourth-order valence-electron chi connectivity index (χ4n) is 1.20. The van der Waals surface area contributed by atoms with Gasteiger partial charge in [-0.3, -0.25) is 4.79 Å². The van der Waals surface area contributed by atoms with Crippen molar-refractivity contribution in [3.05, 3.63) is 24.4 Å². The molecule has 0 rings (SSSR count). The number of hydrogen-bond donors (Lipinski definition) is 0. The predicted molar refractivity (Wildman–Crippen MR) is 72.1 cm³/mol. The van der Waals surface area contributed by atoms with Crippen LogP contribution >= 0.6 is 0 Å². The molecule has 0 aromatic heterocycles. The van der Waals surface area contributed by atoms with E-state index in [9.17, 15) is 9.59 Å². The van der Waals surface area contributed by atoms with Crippen molar-refractivity contribution in [3.63, 3.8) is 0 Å². The summed E-state index contributed by atoms with van der Waals surface area (Å²) in [6.45, 7) is 8.87. The summed E-state index contributed by atoms with van der Waals surface area (Å²) in [6.07, 6.45) is 3.97. The molecule has 0 aromatic rings. The molecule has 0 fully saturated rings. The van der Waals surface area contributed by atoms with Crippen LogP contribution < -0.4 is 0 Å². The Hall–Kier alpha value is -1.58. The highest BCUT2D eigenvalue weighted by molar-refractivity contribution is 6.17. The third kappa shape index (κ3) is 6.89. The predicted octanol–water partition coefficient (Wildman–Crippen LogP) is 2.31. The van der Waals surface area contributed by atoms with Crippen LogP contribution in [0.5, 0.6) is 0 Å². The van der Waals surface area contributed by atoms with Crippen molar-refractivity contribution >= 4 is 11.8 Å². The van der Waals surface area contributed by atoms with Crippen molar-refractivity contribution in [2.45, 2.75) is 39.2 Å². The number of rotatable bonds is 6. The molecular formula is C14H23NO3. The van der Waals surface area contributed by atoms with Gasteiger partial charge in [0.15, 0.2) is 5.78 Å². The Morgan fingerprint density at radius 3 is 2.22 bits per heavy atom. The number of ketones is 1. The van der Waals surface area contributed by atoms with Crippen molar-refractivity contribution < 1.29 is 14.3 Å². The maximum absolute atomic E-state index is 11.9. The summed E-state index contributed by atoms with van der Waals surface area (Å²) in [5.41, 5.74) is -0.530. The molecule has 0 unspecified atom stereocenters. The first kappa shape index (κ1) is 16.4. The largest absolute Gasteiger partial charge is 0.456 e. The molecule has 0 radical (unpaired) electrons. The lowest BCUT2D eigenvalue weighted by molar-refractivity contribution is -0.150. The Bertz CT molecular complexity index is 349. The first-order chi connectivity index (χ1) is 8.17. The van der Waals surface area contributed by atoms with Gasteiger partial charge in [-0.1, -0.05) is 6.08 Å². The number of esters is 1. The lowest BCUT2D eigenvalue weighted by Gasteiger charge is -2.20. The van der Waals surface area contributed by atoms with Crippen LogP contribution in [0.1, 0.15) is 33.6 Å². The zero-order valence-electron chi connectivity index (χ0n) is 11.9. The summed E-state index contributed by atoms with van der Waals surface area (Å²) in [6, 6.07) is 0. The summed E-state index contributed by atoms with van der Waals surface area (Å²) in [4.78, 5) is 25.5. The normalized spacial score (nSPS) is 11.9. The molecule has 0 saturated heterocycles. The van der Waals surface area contributed by atoms with Gasteiger partial charge in [0.1, 0.15) is 11.2 Å². The van der Waals surface area contributed by atoms with Crippen LogP contribution in [0, 0.1) is 0 Å². The molecule has 0 spiro atoms. The van der Waals surface area contributed by atoms with Gasteiger partial charge >= 0.3 is 5.97 Å². The van der Waals surface area contributed by atoms with Gasteiger partial charge in [-0.2, -0.15) is 0 Å². The average molecular weight is 253 g/mol. The van der Waals surface area contributed by atoms with E-state index in [1.807, 2.05) is 0 Å². The van der Waals surface area contributed by atoms with E-state index in [1.165, 1.54) is 6.20 Å². The second-order valence-corrected chi connectivity index (χ2v) is 5.26. The summed E-state index contributed by atoms with van der Waals surface area (Å²) in [5.74, 6) is -0.803. The number of carbonyl (C=O) groups is 2. The first-order valence-corrected chi connectivity index (χ1v) is 5.93. The second kappa shape index (κ2) is 6.99. The highest BCUT2D eigenvalue weighted by atomic mass is 16.6. The van der Waals surface area contributed by atoms with Gasteiger partial charge in [-0.25, -0.2) is 4.79 Å². The van der Waals surface area contributed by atoms with Gasteiger partial charge in [-0.05, 0) is 27.2 Å². The Labute approximate surface area is 109 Å². The van der Waals surface area contributed by atoms with Gasteiger partial charge < -0.3 is 9.64 Å². The number of Topliss-reactive ketones (excluding diaryl/α,β-unsaturated/α-hetero) is 1. The topological polar surface area (TPSA) is 46.6 Å². The molecule has 4 nitrogen and oxygen atoms in total. The molecule has 18 heavy (non-hydrogen) atoms. The minimum absolute atomic E-state index is 0.0803. The number of hydrogen-bond acceptors (Lipinski definition) is 4. The summed E-state index contributed by atoms with van der Waals surface area (Å²) >= 11 is 0. The minimum atomic E-state index is -0.610. The van der Waals surface area contributed by atoms with Crippen molar-refractivity contribution in [1.82, 2.24) is 4.90 Å². The fourth-order valence-corrected chi connectivity index (χ4v) is 1.20. The molecule has 0 aromatic carbocycles. The van der Waals surface area contributed by atoms with Gasteiger partial charge in [-0.15, -0.1) is 6.58 Å². The molecule has 0 bridgehead atoms. The number of ether oxygens (including phenoxy) is 1. The number of allylic oxidation sites excluding steroid dienone is 1. The Balaban J connectivity index is 4.95. The van der Waals surface area contributed by atoms with Crippen LogP contribution in [-0.2, 0) is 14.3 Å². The quantitative estimate of drug-likeness (QED) is 0.239. The maximum Gasteiger partial charge on any atom is 0.343 e. The summed E-state index contributed by atoms with van der Waals surface area (Å²) < 4.78 is 5.22. The van der Waals surface area contributed by atoms with Crippen molar-refractivity contribution in [2.24, 2.45) is 0 Å². The molecule has 4 heteroatoms. The van der Waals surface area contributed by atoms with Gasteiger partial charge in [0.05, 0.1) is 0 Å². The fraction of sp³-hybridized carbons (Fsp3) is 0.571.